The summed E-state index contributed by atoms with van der Waals surface area (Å²) in [5.41, 5.74) is 9.19. The molecule has 0 heterocycles. The average molecular weight is 687 g/mol. The van der Waals surface area contributed by atoms with Crippen LogP contribution in [0.5, 0.6) is 0 Å². The van der Waals surface area contributed by atoms with Gasteiger partial charge in [0, 0.05) is 0 Å². The van der Waals surface area contributed by atoms with Crippen molar-refractivity contribution >= 4 is 35.8 Å². The SMILES string of the molecule is Cc1cc(C(C)(C)C)c(C)[cH-]1.Cc1cc(C(C)(C)C)c(C)[cH-]1.[Cl][Zr]([Cl])=[Ge]([c]1ccccc1)[c]1ccccc1. The minimum atomic E-state index is -2.19. The van der Waals surface area contributed by atoms with Crippen molar-refractivity contribution in [3.05, 3.63) is 118 Å². The second kappa shape index (κ2) is 14.7. The normalized spacial score (nSPS) is 11.2. The van der Waals surface area contributed by atoms with Crippen molar-refractivity contribution in [3.63, 3.8) is 0 Å². The van der Waals surface area contributed by atoms with Gasteiger partial charge in [-0.2, -0.15) is 45.5 Å². The summed E-state index contributed by atoms with van der Waals surface area (Å²) in [7, 11) is 11.1. The quantitative estimate of drug-likeness (QED) is 0.146. The summed E-state index contributed by atoms with van der Waals surface area (Å²) in [6.07, 6.45) is 0. The Morgan fingerprint density at radius 2 is 0.895 bits per heavy atom. The molecule has 0 aliphatic heterocycles. The first-order valence-electron chi connectivity index (χ1n) is 13.3. The molecular formula is C34H44Cl2GeZr-2. The van der Waals surface area contributed by atoms with Crippen LogP contribution in [-0.4, -0.2) is 9.98 Å². The van der Waals surface area contributed by atoms with Crippen molar-refractivity contribution in [1.82, 2.24) is 0 Å². The van der Waals surface area contributed by atoms with E-state index in [4.69, 9.17) is 17.0 Å². The van der Waals surface area contributed by atoms with Crippen LogP contribution in [0.2, 0.25) is 0 Å². The van der Waals surface area contributed by atoms with Gasteiger partial charge in [-0.1, -0.05) is 80.1 Å². The third-order valence-electron chi connectivity index (χ3n) is 6.41. The Balaban J connectivity index is 0.000000206. The van der Waals surface area contributed by atoms with E-state index in [1.165, 1.54) is 42.2 Å². The standard InChI is InChI=1S/C12H10Ge.2C11H17.2ClH.Zr/c1-3-7-11(8-4-1)13-12-9-5-2-6-10-12;2*1-8-6-9(2)10(7-8)11(3,4)5;;;/h1-10H;2*6-7H,1-5H3;2*1H;/q;2*-1;;;+2/p-2. The first-order chi connectivity index (χ1) is 17.6. The van der Waals surface area contributed by atoms with Gasteiger partial charge in [0.2, 0.25) is 0 Å². The molecule has 38 heavy (non-hydrogen) atoms. The summed E-state index contributed by atoms with van der Waals surface area (Å²) < 4.78 is 2.79. The van der Waals surface area contributed by atoms with Gasteiger partial charge in [-0.05, 0) is 0 Å². The van der Waals surface area contributed by atoms with Crippen LogP contribution in [-0.2, 0) is 27.1 Å². The molecule has 0 N–H and O–H groups in total. The van der Waals surface area contributed by atoms with E-state index in [1.807, 2.05) is 12.1 Å². The van der Waals surface area contributed by atoms with E-state index in [-0.39, 0.29) is 0 Å². The van der Waals surface area contributed by atoms with Gasteiger partial charge in [0.05, 0.1) is 0 Å². The predicted molar refractivity (Wildman–Crippen MR) is 170 cm³/mol. The van der Waals surface area contributed by atoms with Crippen molar-refractivity contribution in [2.75, 3.05) is 0 Å². The molecule has 0 atom stereocenters. The van der Waals surface area contributed by atoms with Gasteiger partial charge < -0.3 is 0 Å². The second-order valence-electron chi connectivity index (χ2n) is 12.1. The van der Waals surface area contributed by atoms with Gasteiger partial charge in [-0.25, -0.2) is 12.1 Å². The molecule has 0 aliphatic rings. The van der Waals surface area contributed by atoms with E-state index in [2.05, 4.69) is 142 Å². The van der Waals surface area contributed by atoms with Gasteiger partial charge in [0.15, 0.2) is 0 Å². The zero-order valence-corrected chi connectivity index (χ0v) is 30.9. The molecule has 0 unspecified atom stereocenters. The molecule has 0 aliphatic carbocycles. The van der Waals surface area contributed by atoms with Gasteiger partial charge in [0.25, 0.3) is 0 Å². The molecule has 0 saturated heterocycles. The Bertz CT molecular complexity index is 1210. The van der Waals surface area contributed by atoms with E-state index in [0.29, 0.717) is 10.8 Å². The van der Waals surface area contributed by atoms with Crippen molar-refractivity contribution in [1.29, 1.82) is 0 Å². The Kier molecular flexibility index (Phi) is 12.9. The molecule has 4 aromatic carbocycles. The van der Waals surface area contributed by atoms with Crippen molar-refractivity contribution in [2.45, 2.75) is 80.1 Å². The molecule has 0 amide bonds. The molecule has 0 nitrogen and oxygen atoms in total. The van der Waals surface area contributed by atoms with Crippen LogP contribution in [0.15, 0.2) is 84.9 Å². The summed E-state index contributed by atoms with van der Waals surface area (Å²) in [6, 6.07) is 30.1. The number of aryl methyl sites for hydroxylation is 4. The van der Waals surface area contributed by atoms with Crippen LogP contribution in [0.1, 0.15) is 74.9 Å². The summed E-state index contributed by atoms with van der Waals surface area (Å²) in [5.74, 6) is 0. The average Bonchev–Trinajstić information content (AvgIpc) is 3.35. The van der Waals surface area contributed by atoms with Crippen molar-refractivity contribution < 1.29 is 16.2 Å². The number of rotatable bonds is 2. The molecule has 0 saturated carbocycles. The van der Waals surface area contributed by atoms with Crippen LogP contribution in [0, 0.1) is 27.7 Å². The zero-order valence-electron chi connectivity index (χ0n) is 24.8. The number of hydrogen-bond acceptors (Lipinski definition) is 0. The number of halogens is 2. The third-order valence-corrected chi connectivity index (χ3v) is 34.8. The summed E-state index contributed by atoms with van der Waals surface area (Å²) >= 11 is -2.19. The fraction of sp³-hybridized carbons (Fsp3) is 0.353. The van der Waals surface area contributed by atoms with Crippen LogP contribution in [0.25, 0.3) is 0 Å². The molecule has 0 spiro atoms. The van der Waals surface area contributed by atoms with Crippen LogP contribution >= 0.6 is 17.0 Å². The second-order valence-corrected chi connectivity index (χ2v) is 43.5. The van der Waals surface area contributed by atoms with E-state index in [1.54, 1.807) is 0 Å². The summed E-state index contributed by atoms with van der Waals surface area (Å²) in [5, 5.41) is 0. The van der Waals surface area contributed by atoms with Gasteiger partial charge in [0.1, 0.15) is 0 Å². The first-order valence-corrected chi connectivity index (χ1v) is 29.1. The fourth-order valence-corrected chi connectivity index (χ4v) is 31.9. The van der Waals surface area contributed by atoms with E-state index in [9.17, 15) is 0 Å². The molecule has 0 fully saturated rings. The third kappa shape index (κ3) is 10.3. The van der Waals surface area contributed by atoms with E-state index < -0.39 is 26.2 Å². The maximum atomic E-state index is 6.35. The van der Waals surface area contributed by atoms with Crippen molar-refractivity contribution in [3.8, 4) is 0 Å². The van der Waals surface area contributed by atoms with Gasteiger partial charge in [-0.3, -0.25) is 0 Å². The predicted octanol–water partition coefficient (Wildman–Crippen LogP) is 9.36. The molecule has 204 valence electrons. The molecule has 4 heteroatoms. The first kappa shape index (κ1) is 33.4. The Labute approximate surface area is 248 Å². The van der Waals surface area contributed by atoms with E-state index >= 15 is 0 Å². The Morgan fingerprint density at radius 3 is 1.08 bits per heavy atom. The molecule has 4 rings (SSSR count). The monoisotopic (exact) mass is 686 g/mol. The van der Waals surface area contributed by atoms with Crippen LogP contribution < -0.4 is 8.79 Å². The minimum absolute atomic E-state index is 0.304. The number of benzene rings is 2. The summed E-state index contributed by atoms with van der Waals surface area (Å²) in [6.45, 7) is 22.2. The summed E-state index contributed by atoms with van der Waals surface area (Å²) in [4.78, 5) is 0. The maximum absolute atomic E-state index is 6.35. The van der Waals surface area contributed by atoms with Crippen LogP contribution in [0.3, 0.4) is 0 Å². The van der Waals surface area contributed by atoms with Crippen LogP contribution in [0.4, 0.5) is 0 Å². The van der Waals surface area contributed by atoms with E-state index in [0.717, 1.165) is 0 Å². The van der Waals surface area contributed by atoms with Gasteiger partial charge in [-0.15, -0.1) is 0 Å². The Morgan fingerprint density at radius 1 is 0.579 bits per heavy atom. The molecule has 0 bridgehead atoms. The van der Waals surface area contributed by atoms with Gasteiger partial charge >= 0.3 is 113 Å². The molecular weight excluding hydrogens is 643 g/mol. The zero-order chi connectivity index (χ0) is 28.7. The molecule has 0 radical (unpaired) electrons. The fourth-order valence-electron chi connectivity index (χ4n) is 4.82. The number of hydrogen-bond donors (Lipinski definition) is 0. The Hall–Kier alpha value is -0.854. The molecule has 4 aromatic rings. The van der Waals surface area contributed by atoms with Crippen molar-refractivity contribution in [2.24, 2.45) is 0 Å². The topological polar surface area (TPSA) is 0 Å². The molecule has 0 aromatic heterocycles.